The van der Waals surface area contributed by atoms with E-state index in [4.69, 9.17) is 16.3 Å². The summed E-state index contributed by atoms with van der Waals surface area (Å²) in [6.45, 7) is 5.35. The van der Waals surface area contributed by atoms with Gasteiger partial charge < -0.3 is 15.0 Å². The Morgan fingerprint density at radius 2 is 1.67 bits per heavy atom. The smallest absolute Gasteiger partial charge is 0.264 e. The number of nitrogens with one attached hydrogen (secondary N) is 1. The minimum absolute atomic E-state index is 0.0367. The van der Waals surface area contributed by atoms with Gasteiger partial charge in [0.1, 0.15) is 18.3 Å². The maximum atomic E-state index is 14.0. The Labute approximate surface area is 235 Å². The highest BCUT2D eigenvalue weighted by atomic mass is 35.5. The highest BCUT2D eigenvalue weighted by molar-refractivity contribution is 7.92. The van der Waals surface area contributed by atoms with Crippen molar-refractivity contribution < 1.29 is 22.7 Å². The van der Waals surface area contributed by atoms with Crippen molar-refractivity contribution in [2.75, 3.05) is 24.5 Å². The van der Waals surface area contributed by atoms with Gasteiger partial charge >= 0.3 is 0 Å². The van der Waals surface area contributed by atoms with E-state index in [1.54, 1.807) is 63.4 Å². The molecule has 3 aromatic rings. The molecule has 0 aliphatic heterocycles. The molecule has 208 valence electrons. The second kappa shape index (κ2) is 13.5. The number of nitrogens with zero attached hydrogens (tertiary/aromatic N) is 2. The highest BCUT2D eigenvalue weighted by Gasteiger charge is 2.34. The van der Waals surface area contributed by atoms with Crippen LogP contribution in [-0.2, 0) is 26.2 Å². The number of likely N-dealkylation sites (N-methyl/N-ethyl adjacent to an activating group) is 1. The summed E-state index contributed by atoms with van der Waals surface area (Å²) in [6, 6.07) is 19.2. The van der Waals surface area contributed by atoms with E-state index < -0.39 is 28.5 Å². The van der Waals surface area contributed by atoms with Gasteiger partial charge in [0.2, 0.25) is 11.8 Å². The molecule has 0 aliphatic rings. The first kappa shape index (κ1) is 30.0. The van der Waals surface area contributed by atoms with E-state index in [1.807, 2.05) is 19.1 Å². The summed E-state index contributed by atoms with van der Waals surface area (Å²) in [5.74, 6) is -0.176. The molecule has 0 aliphatic carbocycles. The third-order valence-corrected chi connectivity index (χ3v) is 8.31. The number of aryl methyl sites for hydroxylation is 1. The molecule has 8 nitrogen and oxygen atoms in total. The van der Waals surface area contributed by atoms with Gasteiger partial charge in [-0.1, -0.05) is 54.9 Å². The summed E-state index contributed by atoms with van der Waals surface area (Å²) in [6.07, 6.45) is 0.343. The average molecular weight is 572 g/mol. The first-order valence-corrected chi connectivity index (χ1v) is 14.5. The molecule has 0 spiro atoms. The zero-order valence-corrected chi connectivity index (χ0v) is 24.1. The number of sulfonamides is 1. The van der Waals surface area contributed by atoms with E-state index in [2.05, 4.69) is 5.32 Å². The van der Waals surface area contributed by atoms with Crippen LogP contribution in [-0.4, -0.2) is 51.4 Å². The summed E-state index contributed by atoms with van der Waals surface area (Å²) in [4.78, 5) is 28.5. The number of benzene rings is 3. The molecule has 0 heterocycles. The molecule has 0 saturated heterocycles. The summed E-state index contributed by atoms with van der Waals surface area (Å²) >= 11 is 6.26. The Bertz CT molecular complexity index is 1380. The number of methoxy groups -OCH3 is 1. The van der Waals surface area contributed by atoms with Crippen molar-refractivity contribution in [2.45, 2.75) is 44.7 Å². The fraction of sp³-hybridized carbons (Fsp3) is 0.310. The van der Waals surface area contributed by atoms with Crippen LogP contribution in [0.5, 0.6) is 5.75 Å². The van der Waals surface area contributed by atoms with E-state index in [1.165, 1.54) is 23.1 Å². The summed E-state index contributed by atoms with van der Waals surface area (Å²) in [5.41, 5.74) is 1.68. The number of rotatable bonds is 12. The van der Waals surface area contributed by atoms with Crippen molar-refractivity contribution in [3.05, 3.63) is 88.9 Å². The van der Waals surface area contributed by atoms with Crippen molar-refractivity contribution >= 4 is 39.1 Å². The molecule has 39 heavy (non-hydrogen) atoms. The standard InChI is InChI=1S/C29H34ClN3O5S/c1-5-26(29(35)31-6-2)32(19-22-13-16-24(38-4)17-14-22)28(34)20-33(27-18-23(30)15-12-21(27)3)39(36,37)25-10-8-7-9-11-25/h7-18,26H,5-6,19-20H2,1-4H3,(H,31,35)/t26-/m1/s1. The van der Waals surface area contributed by atoms with Gasteiger partial charge in [-0.25, -0.2) is 8.42 Å². The lowest BCUT2D eigenvalue weighted by Crippen LogP contribution is -2.52. The van der Waals surface area contributed by atoms with Gasteiger partial charge in [0.25, 0.3) is 10.0 Å². The minimum Gasteiger partial charge on any atom is -0.497 e. The lowest BCUT2D eigenvalue weighted by Gasteiger charge is -2.33. The van der Waals surface area contributed by atoms with E-state index in [0.717, 1.165) is 9.87 Å². The lowest BCUT2D eigenvalue weighted by atomic mass is 10.1. The fourth-order valence-corrected chi connectivity index (χ4v) is 5.88. The normalized spacial score (nSPS) is 11.9. The molecule has 0 bridgehead atoms. The van der Waals surface area contributed by atoms with Crippen LogP contribution in [0.4, 0.5) is 5.69 Å². The molecule has 1 atom stereocenters. The third kappa shape index (κ3) is 7.30. The molecular formula is C29H34ClN3O5S. The molecule has 1 N–H and O–H groups in total. The SMILES string of the molecule is CCNC(=O)[C@@H](CC)N(Cc1ccc(OC)cc1)C(=O)CN(c1cc(Cl)ccc1C)S(=O)(=O)c1ccccc1. The summed E-state index contributed by atoms with van der Waals surface area (Å²) in [7, 11) is -2.59. The van der Waals surface area contributed by atoms with E-state index in [-0.39, 0.29) is 23.0 Å². The van der Waals surface area contributed by atoms with Gasteiger partial charge in [0, 0.05) is 18.1 Å². The van der Waals surface area contributed by atoms with E-state index in [0.29, 0.717) is 29.3 Å². The Kier molecular flexibility index (Phi) is 10.4. The highest BCUT2D eigenvalue weighted by Crippen LogP contribution is 2.30. The van der Waals surface area contributed by atoms with Crippen LogP contribution < -0.4 is 14.4 Å². The second-order valence-corrected chi connectivity index (χ2v) is 11.2. The molecule has 0 saturated carbocycles. The van der Waals surface area contributed by atoms with E-state index in [9.17, 15) is 18.0 Å². The lowest BCUT2D eigenvalue weighted by molar-refractivity contribution is -0.140. The van der Waals surface area contributed by atoms with Gasteiger partial charge in [-0.2, -0.15) is 0 Å². The average Bonchev–Trinajstić information content (AvgIpc) is 2.93. The predicted molar refractivity (Wildman–Crippen MR) is 153 cm³/mol. The molecular weight excluding hydrogens is 538 g/mol. The maximum Gasteiger partial charge on any atom is 0.264 e. The first-order chi connectivity index (χ1) is 18.6. The molecule has 0 fully saturated rings. The van der Waals surface area contributed by atoms with Crippen LogP contribution in [0, 0.1) is 6.92 Å². The zero-order valence-electron chi connectivity index (χ0n) is 22.6. The number of halogens is 1. The minimum atomic E-state index is -4.16. The predicted octanol–water partition coefficient (Wildman–Crippen LogP) is 4.80. The second-order valence-electron chi connectivity index (χ2n) is 8.94. The summed E-state index contributed by atoms with van der Waals surface area (Å²) < 4.78 is 34.1. The Balaban J connectivity index is 2.08. The van der Waals surface area contributed by atoms with Crippen LogP contribution in [0.2, 0.25) is 5.02 Å². The third-order valence-electron chi connectivity index (χ3n) is 6.30. The number of ether oxygens (including phenoxy) is 1. The Hall–Kier alpha value is -3.56. The molecule has 2 amide bonds. The number of amides is 2. The van der Waals surface area contributed by atoms with Crippen LogP contribution in [0.25, 0.3) is 0 Å². The molecule has 10 heteroatoms. The van der Waals surface area contributed by atoms with Gasteiger partial charge in [-0.15, -0.1) is 0 Å². The van der Waals surface area contributed by atoms with Crippen molar-refractivity contribution in [1.29, 1.82) is 0 Å². The largest absolute Gasteiger partial charge is 0.497 e. The first-order valence-electron chi connectivity index (χ1n) is 12.7. The summed E-state index contributed by atoms with van der Waals surface area (Å²) in [5, 5.41) is 3.12. The fourth-order valence-electron chi connectivity index (χ4n) is 4.22. The van der Waals surface area contributed by atoms with E-state index >= 15 is 0 Å². The van der Waals surface area contributed by atoms with Gasteiger partial charge in [0.15, 0.2) is 0 Å². The van der Waals surface area contributed by atoms with Gasteiger partial charge in [-0.05, 0) is 67.8 Å². The molecule has 0 aromatic heterocycles. The van der Waals surface area contributed by atoms with Crippen molar-refractivity contribution in [3.8, 4) is 5.75 Å². The van der Waals surface area contributed by atoms with Crippen molar-refractivity contribution in [2.24, 2.45) is 0 Å². The number of hydrogen-bond acceptors (Lipinski definition) is 5. The number of carbonyl (C=O) groups excluding carboxylic acids is 2. The number of carbonyl (C=O) groups is 2. The Morgan fingerprint density at radius 3 is 2.26 bits per heavy atom. The van der Waals surface area contributed by atoms with Gasteiger partial charge in [-0.3, -0.25) is 13.9 Å². The van der Waals surface area contributed by atoms with Crippen LogP contribution in [0.1, 0.15) is 31.4 Å². The molecule has 0 unspecified atom stereocenters. The van der Waals surface area contributed by atoms with Crippen molar-refractivity contribution in [3.63, 3.8) is 0 Å². The van der Waals surface area contributed by atoms with Crippen LogP contribution in [0.15, 0.2) is 77.7 Å². The number of hydrogen-bond donors (Lipinski definition) is 1. The number of anilines is 1. The zero-order chi connectivity index (χ0) is 28.6. The molecule has 3 rings (SSSR count). The maximum absolute atomic E-state index is 14.0. The van der Waals surface area contributed by atoms with Crippen LogP contribution >= 0.6 is 11.6 Å². The topological polar surface area (TPSA) is 96.0 Å². The molecule has 3 aromatic carbocycles. The Morgan fingerprint density at radius 1 is 1.00 bits per heavy atom. The van der Waals surface area contributed by atoms with Gasteiger partial charge in [0.05, 0.1) is 17.7 Å². The van der Waals surface area contributed by atoms with Crippen molar-refractivity contribution in [1.82, 2.24) is 10.2 Å². The van der Waals surface area contributed by atoms with Crippen LogP contribution in [0.3, 0.4) is 0 Å². The monoisotopic (exact) mass is 571 g/mol. The molecule has 0 radical (unpaired) electrons. The quantitative estimate of drug-likeness (QED) is 0.337.